The van der Waals surface area contributed by atoms with Crippen LogP contribution in [-0.4, -0.2) is 40.9 Å². The highest BCUT2D eigenvalue weighted by molar-refractivity contribution is 5.96. The number of aromatic nitrogens is 1. The summed E-state index contributed by atoms with van der Waals surface area (Å²) in [6, 6.07) is 2.37. The molecule has 0 bridgehead atoms. The molecule has 0 radical (unpaired) electrons. The number of rotatable bonds is 4. The molecule has 0 aromatic carbocycles. The fourth-order valence-electron chi connectivity index (χ4n) is 2.35. The molecule has 1 aliphatic rings. The van der Waals surface area contributed by atoms with Crippen molar-refractivity contribution >= 4 is 5.91 Å². The molecule has 2 N–H and O–H groups in total. The first kappa shape index (κ1) is 16.5. The van der Waals surface area contributed by atoms with Gasteiger partial charge in [-0.15, -0.1) is 0 Å². The third-order valence-corrected chi connectivity index (χ3v) is 3.43. The van der Waals surface area contributed by atoms with Crippen LogP contribution in [-0.2, 0) is 0 Å². The summed E-state index contributed by atoms with van der Waals surface area (Å²) >= 11 is 0. The number of carbonyl (C=O) groups excluding carboxylic acids is 1. The molecular weight excluding hydrogens is 301 g/mol. The van der Waals surface area contributed by atoms with Gasteiger partial charge in [0, 0.05) is 6.20 Å². The Morgan fingerprint density at radius 2 is 2.14 bits per heavy atom. The van der Waals surface area contributed by atoms with Crippen molar-refractivity contribution < 1.29 is 27.8 Å². The average Bonchev–Trinajstić information content (AvgIpc) is 2.47. The number of carbonyl (C=O) groups is 1. The monoisotopic (exact) mass is 318 g/mol. The van der Waals surface area contributed by atoms with Crippen LogP contribution >= 0.6 is 0 Å². The van der Waals surface area contributed by atoms with Crippen LogP contribution < -0.4 is 10.1 Å². The molecule has 1 fully saturated rings. The number of hydrogen-bond acceptors (Lipinski definition) is 4. The van der Waals surface area contributed by atoms with E-state index in [0.717, 1.165) is 12.8 Å². The second-order valence-corrected chi connectivity index (χ2v) is 5.19. The largest absolute Gasteiger partial charge is 0.467 e. The van der Waals surface area contributed by atoms with E-state index in [-0.39, 0.29) is 11.4 Å². The molecule has 8 heteroatoms. The van der Waals surface area contributed by atoms with Gasteiger partial charge < -0.3 is 15.2 Å². The predicted octanol–water partition coefficient (Wildman–Crippen LogP) is 2.06. The lowest BCUT2D eigenvalue weighted by Gasteiger charge is -2.28. The summed E-state index contributed by atoms with van der Waals surface area (Å²) < 4.78 is 41.2. The quantitative estimate of drug-likeness (QED) is 0.891. The summed E-state index contributed by atoms with van der Waals surface area (Å²) in [6.45, 7) is -1.52. The molecule has 1 heterocycles. The Kier molecular flexibility index (Phi) is 5.23. The predicted molar refractivity (Wildman–Crippen MR) is 71.5 cm³/mol. The van der Waals surface area contributed by atoms with Gasteiger partial charge in [0.1, 0.15) is 5.56 Å². The lowest BCUT2D eigenvalue weighted by atomic mass is 9.92. The molecule has 2 unspecified atom stereocenters. The van der Waals surface area contributed by atoms with E-state index in [4.69, 9.17) is 0 Å². The van der Waals surface area contributed by atoms with Crippen molar-refractivity contribution in [3.8, 4) is 5.88 Å². The second kappa shape index (κ2) is 6.95. The molecular formula is C14H17F3N2O3. The first-order chi connectivity index (χ1) is 10.4. The van der Waals surface area contributed by atoms with Crippen molar-refractivity contribution in [3.63, 3.8) is 0 Å². The molecule has 1 aromatic rings. The fourth-order valence-corrected chi connectivity index (χ4v) is 2.35. The molecule has 1 amide bonds. The van der Waals surface area contributed by atoms with Crippen LogP contribution in [0.25, 0.3) is 0 Å². The minimum Gasteiger partial charge on any atom is -0.467 e. The third kappa shape index (κ3) is 4.59. The first-order valence-corrected chi connectivity index (χ1v) is 7.00. The number of halogens is 3. The Balaban J connectivity index is 2.05. The number of nitrogens with zero attached hydrogens (tertiary/aromatic N) is 1. The highest BCUT2D eigenvalue weighted by atomic mass is 19.4. The Hall–Kier alpha value is -1.83. The van der Waals surface area contributed by atoms with Crippen LogP contribution in [0.2, 0.25) is 0 Å². The van der Waals surface area contributed by atoms with Gasteiger partial charge in [0.15, 0.2) is 6.61 Å². The third-order valence-electron chi connectivity index (χ3n) is 3.43. The molecule has 122 valence electrons. The van der Waals surface area contributed by atoms with Crippen molar-refractivity contribution in [2.24, 2.45) is 0 Å². The topological polar surface area (TPSA) is 71.5 Å². The van der Waals surface area contributed by atoms with Gasteiger partial charge in [-0.2, -0.15) is 13.2 Å². The van der Waals surface area contributed by atoms with Crippen molar-refractivity contribution in [2.75, 3.05) is 6.61 Å². The summed E-state index contributed by atoms with van der Waals surface area (Å²) in [5.41, 5.74) is -0.0791. The van der Waals surface area contributed by atoms with Gasteiger partial charge in [-0.1, -0.05) is 12.8 Å². The van der Waals surface area contributed by atoms with E-state index in [1.165, 1.54) is 18.3 Å². The average molecular weight is 318 g/mol. The summed E-state index contributed by atoms with van der Waals surface area (Å²) in [4.78, 5) is 15.8. The first-order valence-electron chi connectivity index (χ1n) is 7.00. The van der Waals surface area contributed by atoms with Crippen LogP contribution in [0.1, 0.15) is 36.0 Å². The molecule has 22 heavy (non-hydrogen) atoms. The maximum absolute atomic E-state index is 12.2. The van der Waals surface area contributed by atoms with E-state index in [2.05, 4.69) is 15.0 Å². The number of alkyl halides is 3. The highest BCUT2D eigenvalue weighted by Gasteiger charge is 2.30. The van der Waals surface area contributed by atoms with Crippen molar-refractivity contribution in [1.29, 1.82) is 0 Å². The molecule has 5 nitrogen and oxygen atoms in total. The molecule has 0 spiro atoms. The van der Waals surface area contributed by atoms with E-state index >= 15 is 0 Å². The molecule has 2 rings (SSSR count). The smallest absolute Gasteiger partial charge is 0.422 e. The number of pyridine rings is 1. The van der Waals surface area contributed by atoms with Crippen molar-refractivity contribution in [3.05, 3.63) is 23.9 Å². The number of aliphatic hydroxyl groups excluding tert-OH is 1. The van der Waals surface area contributed by atoms with Gasteiger partial charge in [-0.25, -0.2) is 4.98 Å². The lowest BCUT2D eigenvalue weighted by Crippen LogP contribution is -2.45. The van der Waals surface area contributed by atoms with Crippen LogP contribution in [0.15, 0.2) is 18.3 Å². The van der Waals surface area contributed by atoms with Gasteiger partial charge in [-0.3, -0.25) is 4.79 Å². The van der Waals surface area contributed by atoms with Crippen LogP contribution in [0.3, 0.4) is 0 Å². The van der Waals surface area contributed by atoms with Gasteiger partial charge in [0.2, 0.25) is 5.88 Å². The summed E-state index contributed by atoms with van der Waals surface area (Å²) in [5, 5.41) is 12.5. The van der Waals surface area contributed by atoms with E-state index in [1.54, 1.807) is 0 Å². The Labute approximate surface area is 125 Å². The minimum absolute atomic E-state index is 0.0791. The SMILES string of the molecule is O=C(NC1CCCCC1O)c1cccnc1OCC(F)(F)F. The lowest BCUT2D eigenvalue weighted by molar-refractivity contribution is -0.154. The highest BCUT2D eigenvalue weighted by Crippen LogP contribution is 2.22. The zero-order chi connectivity index (χ0) is 16.2. The zero-order valence-corrected chi connectivity index (χ0v) is 11.8. The van der Waals surface area contributed by atoms with Gasteiger partial charge >= 0.3 is 6.18 Å². The maximum atomic E-state index is 12.2. The van der Waals surface area contributed by atoms with Gasteiger partial charge in [-0.05, 0) is 25.0 Å². The van der Waals surface area contributed by atoms with E-state index in [0.29, 0.717) is 12.8 Å². The molecule has 1 aliphatic carbocycles. The number of nitrogens with one attached hydrogen (secondary N) is 1. The molecule has 2 atom stereocenters. The number of aliphatic hydroxyl groups is 1. The molecule has 0 aliphatic heterocycles. The summed E-state index contributed by atoms with van der Waals surface area (Å²) in [6.07, 6.45) is -0.911. The van der Waals surface area contributed by atoms with E-state index in [1.807, 2.05) is 0 Å². The van der Waals surface area contributed by atoms with Crippen molar-refractivity contribution in [1.82, 2.24) is 10.3 Å². The standard InChI is InChI=1S/C14H17F3N2O3/c15-14(16,17)8-22-13-9(4-3-7-18-13)12(21)19-10-5-1-2-6-11(10)20/h3-4,7,10-11,20H,1-2,5-6,8H2,(H,19,21). The van der Waals surface area contributed by atoms with Crippen LogP contribution in [0.5, 0.6) is 5.88 Å². The Morgan fingerprint density at radius 1 is 1.41 bits per heavy atom. The number of ether oxygens (including phenoxy) is 1. The van der Waals surface area contributed by atoms with Crippen molar-refractivity contribution in [2.45, 2.75) is 44.0 Å². The Morgan fingerprint density at radius 3 is 2.82 bits per heavy atom. The molecule has 0 saturated heterocycles. The van der Waals surface area contributed by atoms with Crippen LogP contribution in [0, 0.1) is 0 Å². The van der Waals surface area contributed by atoms with Gasteiger partial charge in [0.05, 0.1) is 12.1 Å². The maximum Gasteiger partial charge on any atom is 0.422 e. The Bertz CT molecular complexity index is 522. The van der Waals surface area contributed by atoms with Crippen LogP contribution in [0.4, 0.5) is 13.2 Å². The van der Waals surface area contributed by atoms with E-state index < -0.39 is 30.8 Å². The molecule has 1 aromatic heterocycles. The van der Waals surface area contributed by atoms with Gasteiger partial charge in [0.25, 0.3) is 5.91 Å². The summed E-state index contributed by atoms with van der Waals surface area (Å²) in [5.74, 6) is -0.973. The number of hydrogen-bond donors (Lipinski definition) is 2. The molecule has 1 saturated carbocycles. The minimum atomic E-state index is -4.51. The second-order valence-electron chi connectivity index (χ2n) is 5.19. The zero-order valence-electron chi connectivity index (χ0n) is 11.8. The normalized spacial score (nSPS) is 22.2. The summed E-state index contributed by atoms with van der Waals surface area (Å²) in [7, 11) is 0. The van der Waals surface area contributed by atoms with E-state index in [9.17, 15) is 23.1 Å². The number of amides is 1. The fraction of sp³-hybridized carbons (Fsp3) is 0.571.